The van der Waals surface area contributed by atoms with Gasteiger partial charge in [0.15, 0.2) is 6.61 Å². The molecule has 1 amide bonds. The highest BCUT2D eigenvalue weighted by Crippen LogP contribution is 2.37. The Kier molecular flexibility index (Phi) is 5.12. The first-order valence-electron chi connectivity index (χ1n) is 9.59. The molecule has 0 bridgehead atoms. The quantitative estimate of drug-likeness (QED) is 0.637. The van der Waals surface area contributed by atoms with Crippen LogP contribution in [0.5, 0.6) is 0 Å². The summed E-state index contributed by atoms with van der Waals surface area (Å²) in [5.74, 6) is -0.728. The molecule has 0 radical (unpaired) electrons. The number of rotatable bonds is 4. The number of esters is 1. The predicted molar refractivity (Wildman–Crippen MR) is 113 cm³/mol. The number of hydrogen-bond acceptors (Lipinski definition) is 4. The van der Waals surface area contributed by atoms with Crippen LogP contribution in [0.4, 0.5) is 0 Å². The molecule has 1 aromatic heterocycles. The minimum Gasteiger partial charge on any atom is -0.452 e. The summed E-state index contributed by atoms with van der Waals surface area (Å²) in [6, 6.07) is 17.7. The molecule has 0 atom stereocenters. The van der Waals surface area contributed by atoms with E-state index in [-0.39, 0.29) is 12.5 Å². The number of carbonyl (C=O) groups excluding carboxylic acids is 2. The fourth-order valence-electron chi connectivity index (χ4n) is 3.59. The van der Waals surface area contributed by atoms with Gasteiger partial charge in [0.2, 0.25) is 0 Å². The molecular formula is C24H22N2O3. The normalized spacial score (nSPS) is 14.1. The number of fused-ring (bicyclic) bond motifs is 2. The lowest BCUT2D eigenvalue weighted by Crippen LogP contribution is -2.27. The van der Waals surface area contributed by atoms with E-state index in [0.29, 0.717) is 5.56 Å². The molecule has 5 heteroatoms. The first-order chi connectivity index (χ1) is 14.0. The van der Waals surface area contributed by atoms with Gasteiger partial charge >= 0.3 is 5.97 Å². The summed E-state index contributed by atoms with van der Waals surface area (Å²) in [4.78, 5) is 31.1. The third kappa shape index (κ3) is 3.76. The number of amides is 1. The van der Waals surface area contributed by atoms with E-state index < -0.39 is 5.97 Å². The second-order valence-electron chi connectivity index (χ2n) is 7.28. The maximum Gasteiger partial charge on any atom is 0.339 e. The van der Waals surface area contributed by atoms with Crippen LogP contribution in [0, 0.1) is 0 Å². The van der Waals surface area contributed by atoms with Gasteiger partial charge in [0, 0.05) is 19.5 Å². The molecule has 5 nitrogen and oxygen atoms in total. The minimum atomic E-state index is -0.476. The topological polar surface area (TPSA) is 59.5 Å². The van der Waals surface area contributed by atoms with Crippen LogP contribution < -0.4 is 0 Å². The second-order valence-corrected chi connectivity index (χ2v) is 7.28. The highest BCUT2D eigenvalue weighted by atomic mass is 16.5. The smallest absolute Gasteiger partial charge is 0.339 e. The monoisotopic (exact) mass is 386 g/mol. The Morgan fingerprint density at radius 3 is 2.52 bits per heavy atom. The zero-order chi connectivity index (χ0) is 20.4. The summed E-state index contributed by atoms with van der Waals surface area (Å²) in [5, 5.41) is 0.759. The summed E-state index contributed by atoms with van der Waals surface area (Å²) < 4.78 is 5.36. The molecule has 0 fully saturated rings. The molecule has 1 heterocycles. The summed E-state index contributed by atoms with van der Waals surface area (Å²) in [7, 11) is 3.27. The Morgan fingerprint density at radius 1 is 1.03 bits per heavy atom. The molecule has 0 saturated heterocycles. The summed E-state index contributed by atoms with van der Waals surface area (Å²) in [6.07, 6.45) is 3.65. The van der Waals surface area contributed by atoms with Crippen molar-refractivity contribution in [1.29, 1.82) is 0 Å². The fraction of sp³-hybridized carbons (Fsp3) is 0.208. The van der Waals surface area contributed by atoms with Gasteiger partial charge in [-0.2, -0.15) is 0 Å². The van der Waals surface area contributed by atoms with Crippen LogP contribution in [0.1, 0.15) is 33.6 Å². The Labute approximate surface area is 169 Å². The van der Waals surface area contributed by atoms with Crippen molar-refractivity contribution < 1.29 is 14.3 Å². The van der Waals surface area contributed by atoms with Gasteiger partial charge in [-0.3, -0.25) is 4.79 Å². The Hall–Kier alpha value is -3.47. The fourth-order valence-corrected chi connectivity index (χ4v) is 3.59. The van der Waals surface area contributed by atoms with Crippen molar-refractivity contribution in [3.8, 4) is 0 Å². The second kappa shape index (κ2) is 7.87. The average molecular weight is 386 g/mol. The van der Waals surface area contributed by atoms with Gasteiger partial charge in [-0.05, 0) is 41.7 Å². The molecule has 0 saturated carbocycles. The summed E-state index contributed by atoms with van der Waals surface area (Å²) in [5.41, 5.74) is 5.22. The Morgan fingerprint density at radius 2 is 1.76 bits per heavy atom. The SMILES string of the molecule is CN(C)C(=O)COC(=O)c1c2c(nc3ccccc13)/C(=C\c1ccccc1)CC2. The number of carbonyl (C=O) groups is 2. The number of allylic oxidation sites excluding steroid dienone is 1. The molecule has 0 N–H and O–H groups in total. The molecule has 0 aliphatic heterocycles. The van der Waals surface area contributed by atoms with Crippen molar-refractivity contribution in [2.24, 2.45) is 0 Å². The van der Waals surface area contributed by atoms with Gasteiger partial charge in [0.1, 0.15) is 0 Å². The van der Waals surface area contributed by atoms with E-state index >= 15 is 0 Å². The van der Waals surface area contributed by atoms with Crippen LogP contribution in [-0.4, -0.2) is 42.5 Å². The van der Waals surface area contributed by atoms with Gasteiger partial charge < -0.3 is 9.64 Å². The third-order valence-corrected chi connectivity index (χ3v) is 5.11. The molecule has 0 spiro atoms. The van der Waals surface area contributed by atoms with Crippen molar-refractivity contribution in [3.05, 3.63) is 77.0 Å². The van der Waals surface area contributed by atoms with Gasteiger partial charge in [-0.1, -0.05) is 48.5 Å². The van der Waals surface area contributed by atoms with E-state index in [4.69, 9.17) is 9.72 Å². The molecule has 1 aliphatic carbocycles. The molecule has 4 rings (SSSR count). The molecule has 146 valence electrons. The van der Waals surface area contributed by atoms with E-state index in [1.165, 1.54) is 4.90 Å². The zero-order valence-corrected chi connectivity index (χ0v) is 16.5. The summed E-state index contributed by atoms with van der Waals surface area (Å²) >= 11 is 0. The number of hydrogen-bond donors (Lipinski definition) is 0. The third-order valence-electron chi connectivity index (χ3n) is 5.11. The molecular weight excluding hydrogens is 364 g/mol. The van der Waals surface area contributed by atoms with Crippen molar-refractivity contribution >= 4 is 34.4 Å². The largest absolute Gasteiger partial charge is 0.452 e. The highest BCUT2D eigenvalue weighted by molar-refractivity contribution is 6.07. The number of pyridine rings is 1. The van der Waals surface area contributed by atoms with Gasteiger partial charge in [-0.15, -0.1) is 0 Å². The average Bonchev–Trinajstić information content (AvgIpc) is 3.12. The van der Waals surface area contributed by atoms with Crippen LogP contribution in [-0.2, 0) is 16.0 Å². The van der Waals surface area contributed by atoms with Crippen LogP contribution in [0.3, 0.4) is 0 Å². The molecule has 2 aromatic carbocycles. The standard InChI is InChI=1S/C24H22N2O3/c1-26(2)21(27)15-29-24(28)22-18-10-6-7-11-20(18)25-23-17(12-13-19(22)23)14-16-8-4-3-5-9-16/h3-11,14H,12-13,15H2,1-2H3/b17-14-. The van der Waals surface area contributed by atoms with E-state index in [1.54, 1.807) is 14.1 Å². The van der Waals surface area contributed by atoms with Crippen LogP contribution in [0.15, 0.2) is 54.6 Å². The number of likely N-dealkylation sites (N-methyl/N-ethyl adjacent to an activating group) is 1. The van der Waals surface area contributed by atoms with Gasteiger partial charge in [0.25, 0.3) is 5.91 Å². The van der Waals surface area contributed by atoms with Crippen LogP contribution in [0.25, 0.3) is 22.6 Å². The lowest BCUT2D eigenvalue weighted by atomic mass is 10.0. The van der Waals surface area contributed by atoms with E-state index in [0.717, 1.165) is 46.1 Å². The first kappa shape index (κ1) is 18.9. The van der Waals surface area contributed by atoms with Crippen molar-refractivity contribution in [2.45, 2.75) is 12.8 Å². The number of ether oxygens (including phenoxy) is 1. The zero-order valence-electron chi connectivity index (χ0n) is 16.5. The van der Waals surface area contributed by atoms with Gasteiger partial charge in [-0.25, -0.2) is 9.78 Å². The lowest BCUT2D eigenvalue weighted by Gasteiger charge is -2.14. The molecule has 1 aliphatic rings. The molecule has 3 aromatic rings. The summed E-state index contributed by atoms with van der Waals surface area (Å²) in [6.45, 7) is -0.274. The minimum absolute atomic E-state index is 0.252. The van der Waals surface area contributed by atoms with E-state index in [2.05, 4.69) is 6.08 Å². The van der Waals surface area contributed by atoms with Crippen molar-refractivity contribution in [1.82, 2.24) is 9.88 Å². The maximum atomic E-state index is 13.0. The maximum absolute atomic E-state index is 13.0. The van der Waals surface area contributed by atoms with Crippen LogP contribution in [0.2, 0.25) is 0 Å². The lowest BCUT2D eigenvalue weighted by molar-refractivity contribution is -0.131. The Bertz CT molecular complexity index is 1120. The van der Waals surface area contributed by atoms with Crippen molar-refractivity contribution in [3.63, 3.8) is 0 Å². The number of benzene rings is 2. The first-order valence-corrected chi connectivity index (χ1v) is 9.59. The number of para-hydroxylation sites is 1. The number of nitrogens with zero attached hydrogens (tertiary/aromatic N) is 2. The molecule has 0 unspecified atom stereocenters. The molecule has 29 heavy (non-hydrogen) atoms. The van der Waals surface area contributed by atoms with E-state index in [1.807, 2.05) is 54.6 Å². The van der Waals surface area contributed by atoms with Crippen molar-refractivity contribution in [2.75, 3.05) is 20.7 Å². The van der Waals surface area contributed by atoms with E-state index in [9.17, 15) is 9.59 Å². The number of aromatic nitrogens is 1. The Balaban J connectivity index is 1.78. The van der Waals surface area contributed by atoms with Gasteiger partial charge in [0.05, 0.1) is 16.8 Å². The highest BCUT2D eigenvalue weighted by Gasteiger charge is 2.28. The predicted octanol–water partition coefficient (Wildman–Crippen LogP) is 3.97. The van der Waals surface area contributed by atoms with Crippen LogP contribution >= 0.6 is 0 Å².